The fraction of sp³-hybridized carbons (Fsp3) is 0.350. The number of carboxylic acids is 1. The molecule has 0 spiro atoms. The first-order chi connectivity index (χ1) is 14.0. The molecule has 2 amide bonds. The standard InChI is InChI=1S/C20H22N2O6S/c1-27-14-8-4-3-7-13(14)21-19(26)18-12-6-2-5-9-15(12)29-20(18)22-16(23)10-28-11-17(24)25/h3-4,7-8H,2,5-6,9-11H2,1H3,(H,21,26)(H,22,23)(H,24,25). The lowest BCUT2D eigenvalue weighted by molar-refractivity contribution is -0.143. The van der Waals surface area contributed by atoms with Crippen LogP contribution in [-0.4, -0.2) is 43.2 Å². The number of ether oxygens (including phenoxy) is 2. The molecule has 1 heterocycles. The Hall–Kier alpha value is -2.91. The number of carbonyl (C=O) groups is 3. The molecule has 0 unspecified atom stereocenters. The smallest absolute Gasteiger partial charge is 0.329 e. The van der Waals surface area contributed by atoms with E-state index in [1.165, 1.54) is 18.4 Å². The lowest BCUT2D eigenvalue weighted by Crippen LogP contribution is -2.22. The SMILES string of the molecule is COc1ccccc1NC(=O)c1c(NC(=O)COCC(=O)O)sc2c1CCCC2. The molecule has 1 aliphatic rings. The average Bonchev–Trinajstić information content (AvgIpc) is 3.05. The van der Waals surface area contributed by atoms with Crippen molar-refractivity contribution in [2.45, 2.75) is 25.7 Å². The van der Waals surface area contributed by atoms with Gasteiger partial charge in [0.25, 0.3) is 11.8 Å². The highest BCUT2D eigenvalue weighted by Gasteiger charge is 2.27. The molecule has 8 nitrogen and oxygen atoms in total. The molecule has 0 radical (unpaired) electrons. The highest BCUT2D eigenvalue weighted by molar-refractivity contribution is 7.17. The average molecular weight is 418 g/mol. The van der Waals surface area contributed by atoms with Crippen molar-refractivity contribution in [2.24, 2.45) is 0 Å². The van der Waals surface area contributed by atoms with E-state index in [0.29, 0.717) is 22.0 Å². The lowest BCUT2D eigenvalue weighted by Gasteiger charge is -2.14. The van der Waals surface area contributed by atoms with Gasteiger partial charge in [-0.15, -0.1) is 11.3 Å². The first-order valence-corrected chi connectivity index (χ1v) is 9.99. The van der Waals surface area contributed by atoms with Crippen LogP contribution in [0.25, 0.3) is 0 Å². The minimum Gasteiger partial charge on any atom is -0.495 e. The maximum atomic E-state index is 13.1. The van der Waals surface area contributed by atoms with Gasteiger partial charge in [0.1, 0.15) is 24.0 Å². The molecule has 0 saturated carbocycles. The minimum atomic E-state index is -1.15. The van der Waals surface area contributed by atoms with Crippen LogP contribution in [0.15, 0.2) is 24.3 Å². The molecule has 154 valence electrons. The van der Waals surface area contributed by atoms with Crippen molar-refractivity contribution in [3.8, 4) is 5.75 Å². The summed E-state index contributed by atoms with van der Waals surface area (Å²) in [5, 5.41) is 14.6. The maximum absolute atomic E-state index is 13.1. The number of nitrogens with one attached hydrogen (secondary N) is 2. The zero-order valence-corrected chi connectivity index (χ0v) is 16.8. The van der Waals surface area contributed by atoms with Gasteiger partial charge in [0.15, 0.2) is 0 Å². The molecule has 0 aliphatic heterocycles. The third kappa shape index (κ3) is 5.12. The summed E-state index contributed by atoms with van der Waals surface area (Å²) in [7, 11) is 1.53. The second kappa shape index (κ2) is 9.53. The quantitative estimate of drug-likeness (QED) is 0.607. The molecular weight excluding hydrogens is 396 g/mol. The second-order valence-corrected chi connectivity index (χ2v) is 7.61. The van der Waals surface area contributed by atoms with Crippen LogP contribution >= 0.6 is 11.3 Å². The normalized spacial score (nSPS) is 12.7. The fourth-order valence-electron chi connectivity index (χ4n) is 3.22. The molecule has 29 heavy (non-hydrogen) atoms. The number of aryl methyl sites for hydroxylation is 1. The number of aliphatic carboxylic acids is 1. The Bertz CT molecular complexity index is 924. The van der Waals surface area contributed by atoms with Crippen molar-refractivity contribution in [1.82, 2.24) is 0 Å². The van der Waals surface area contributed by atoms with Gasteiger partial charge in [0.05, 0.1) is 18.4 Å². The molecular formula is C20H22N2O6S. The van der Waals surface area contributed by atoms with Gasteiger partial charge in [0.2, 0.25) is 0 Å². The predicted octanol–water partition coefficient (Wildman–Crippen LogP) is 2.93. The van der Waals surface area contributed by atoms with E-state index in [1.54, 1.807) is 18.2 Å². The van der Waals surface area contributed by atoms with E-state index in [4.69, 9.17) is 14.6 Å². The zero-order chi connectivity index (χ0) is 20.8. The molecule has 2 aromatic rings. The molecule has 1 aromatic carbocycles. The Morgan fingerprint density at radius 2 is 1.86 bits per heavy atom. The number of carbonyl (C=O) groups excluding carboxylic acids is 2. The third-order valence-corrected chi connectivity index (χ3v) is 5.67. The first kappa shape index (κ1) is 20.8. The van der Waals surface area contributed by atoms with Crippen LogP contribution < -0.4 is 15.4 Å². The molecule has 1 aromatic heterocycles. The summed E-state index contributed by atoms with van der Waals surface area (Å²) in [4.78, 5) is 36.9. The molecule has 0 fully saturated rings. The summed E-state index contributed by atoms with van der Waals surface area (Å²) in [6, 6.07) is 7.10. The fourth-order valence-corrected chi connectivity index (χ4v) is 4.52. The van der Waals surface area contributed by atoms with Gasteiger partial charge in [0, 0.05) is 4.88 Å². The second-order valence-electron chi connectivity index (χ2n) is 6.50. The third-order valence-electron chi connectivity index (χ3n) is 4.47. The largest absolute Gasteiger partial charge is 0.495 e. The van der Waals surface area contributed by atoms with Crippen LogP contribution in [-0.2, 0) is 27.2 Å². The van der Waals surface area contributed by atoms with Crippen molar-refractivity contribution in [1.29, 1.82) is 0 Å². The summed E-state index contributed by atoms with van der Waals surface area (Å²) in [6.45, 7) is -0.960. The number of fused-ring (bicyclic) bond motifs is 1. The summed E-state index contributed by atoms with van der Waals surface area (Å²) in [5.74, 6) is -1.44. The predicted molar refractivity (Wildman–Crippen MR) is 109 cm³/mol. The Labute approximate surface area is 171 Å². The number of amides is 2. The zero-order valence-electron chi connectivity index (χ0n) is 15.9. The molecule has 0 atom stereocenters. The molecule has 0 bridgehead atoms. The van der Waals surface area contributed by atoms with Crippen LogP contribution in [0.3, 0.4) is 0 Å². The number of rotatable bonds is 8. The number of para-hydroxylation sites is 2. The van der Waals surface area contributed by atoms with Crippen molar-refractivity contribution >= 4 is 39.8 Å². The Morgan fingerprint density at radius 3 is 2.62 bits per heavy atom. The van der Waals surface area contributed by atoms with Crippen molar-refractivity contribution in [2.75, 3.05) is 31.0 Å². The monoisotopic (exact) mass is 418 g/mol. The molecule has 1 aliphatic carbocycles. The number of hydrogen-bond donors (Lipinski definition) is 3. The van der Waals surface area contributed by atoms with Crippen LogP contribution in [0.1, 0.15) is 33.6 Å². The van der Waals surface area contributed by atoms with E-state index in [2.05, 4.69) is 10.6 Å². The van der Waals surface area contributed by atoms with Crippen LogP contribution in [0.5, 0.6) is 5.75 Å². The van der Waals surface area contributed by atoms with E-state index in [0.717, 1.165) is 36.1 Å². The number of thiophene rings is 1. The Morgan fingerprint density at radius 1 is 1.10 bits per heavy atom. The highest BCUT2D eigenvalue weighted by atomic mass is 32.1. The van der Waals surface area contributed by atoms with Gasteiger partial charge in [-0.2, -0.15) is 0 Å². The number of anilines is 2. The van der Waals surface area contributed by atoms with Gasteiger partial charge in [-0.1, -0.05) is 12.1 Å². The number of hydrogen-bond acceptors (Lipinski definition) is 6. The number of carboxylic acid groups (broad SMARTS) is 1. The molecule has 9 heteroatoms. The number of benzene rings is 1. The highest BCUT2D eigenvalue weighted by Crippen LogP contribution is 2.39. The summed E-state index contributed by atoms with van der Waals surface area (Å²) in [6.07, 6.45) is 3.65. The van der Waals surface area contributed by atoms with Crippen LogP contribution in [0, 0.1) is 0 Å². The van der Waals surface area contributed by atoms with Gasteiger partial charge < -0.3 is 25.2 Å². The van der Waals surface area contributed by atoms with E-state index < -0.39 is 25.1 Å². The lowest BCUT2D eigenvalue weighted by atomic mass is 9.95. The van der Waals surface area contributed by atoms with Crippen molar-refractivity contribution in [3.63, 3.8) is 0 Å². The van der Waals surface area contributed by atoms with Gasteiger partial charge in [-0.25, -0.2) is 4.79 Å². The molecule has 3 N–H and O–H groups in total. The topological polar surface area (TPSA) is 114 Å². The first-order valence-electron chi connectivity index (χ1n) is 9.18. The summed E-state index contributed by atoms with van der Waals surface area (Å²) < 4.78 is 10.1. The van der Waals surface area contributed by atoms with E-state index in [1.807, 2.05) is 6.07 Å². The molecule has 0 saturated heterocycles. The van der Waals surface area contributed by atoms with Crippen LogP contribution in [0.4, 0.5) is 10.7 Å². The maximum Gasteiger partial charge on any atom is 0.329 e. The summed E-state index contributed by atoms with van der Waals surface area (Å²) >= 11 is 1.38. The van der Waals surface area contributed by atoms with E-state index >= 15 is 0 Å². The van der Waals surface area contributed by atoms with Gasteiger partial charge in [-0.3, -0.25) is 9.59 Å². The Kier molecular flexibility index (Phi) is 6.84. The van der Waals surface area contributed by atoms with Crippen molar-refractivity contribution in [3.05, 3.63) is 40.3 Å². The van der Waals surface area contributed by atoms with Gasteiger partial charge in [-0.05, 0) is 43.4 Å². The van der Waals surface area contributed by atoms with E-state index in [9.17, 15) is 14.4 Å². The van der Waals surface area contributed by atoms with Crippen LogP contribution in [0.2, 0.25) is 0 Å². The minimum absolute atomic E-state index is 0.323. The Balaban J connectivity index is 1.82. The van der Waals surface area contributed by atoms with Crippen molar-refractivity contribution < 1.29 is 29.0 Å². The van der Waals surface area contributed by atoms with Gasteiger partial charge >= 0.3 is 5.97 Å². The molecule has 3 rings (SSSR count). The summed E-state index contributed by atoms with van der Waals surface area (Å²) in [5.41, 5.74) is 1.94. The van der Waals surface area contributed by atoms with E-state index in [-0.39, 0.29) is 5.91 Å². The number of methoxy groups -OCH3 is 1.